The maximum absolute atomic E-state index is 5.13. The molecule has 0 fully saturated rings. The van der Waals surface area contributed by atoms with Crippen LogP contribution in [0.15, 0.2) is 210 Å². The van der Waals surface area contributed by atoms with Crippen LogP contribution in [0.1, 0.15) is 99.7 Å². The van der Waals surface area contributed by atoms with Gasteiger partial charge in [0.2, 0.25) is 22.8 Å². The summed E-state index contributed by atoms with van der Waals surface area (Å²) in [7, 11) is 0. The third-order valence-electron chi connectivity index (χ3n) is 19.2. The normalized spacial score (nSPS) is 18.7. The minimum atomic E-state index is -0.611. The Morgan fingerprint density at radius 1 is 0.495 bits per heavy atom. The average Bonchev–Trinajstić information content (AvgIpc) is 1.54. The van der Waals surface area contributed by atoms with E-state index in [0.29, 0.717) is 6.54 Å². The molecule has 10 aliphatic heterocycles. The van der Waals surface area contributed by atoms with Crippen LogP contribution in [-0.2, 0) is 44.9 Å². The minimum Gasteiger partial charge on any atom is -0.681 e. The van der Waals surface area contributed by atoms with E-state index in [0.717, 1.165) is 118 Å². The third-order valence-corrected chi connectivity index (χ3v) is 19.2. The van der Waals surface area contributed by atoms with Crippen LogP contribution in [-0.4, -0.2) is 52.4 Å². The molecule has 1 unspecified atom stereocenters. The molecule has 9 aromatic rings. The van der Waals surface area contributed by atoms with Crippen molar-refractivity contribution in [3.05, 3.63) is 300 Å². The first-order chi connectivity index (χ1) is 43.6. The van der Waals surface area contributed by atoms with Crippen LogP contribution in [0.3, 0.4) is 0 Å². The molecule has 12 nitrogen and oxygen atoms in total. The van der Waals surface area contributed by atoms with Gasteiger partial charge in [0, 0.05) is 66.7 Å². The fourth-order valence-corrected chi connectivity index (χ4v) is 14.7. The monoisotopic (exact) mass is 1280 g/mol. The van der Waals surface area contributed by atoms with E-state index in [9.17, 15) is 0 Å². The van der Waals surface area contributed by atoms with Gasteiger partial charge in [-0.1, -0.05) is 112 Å². The summed E-state index contributed by atoms with van der Waals surface area (Å²) < 4.78 is 10.4. The maximum atomic E-state index is 5.13. The van der Waals surface area contributed by atoms with Gasteiger partial charge in [-0.15, -0.1) is 51.8 Å². The van der Waals surface area contributed by atoms with Crippen LogP contribution in [0.5, 0.6) is 0 Å². The fourth-order valence-electron chi connectivity index (χ4n) is 14.7. The van der Waals surface area contributed by atoms with Crippen LogP contribution in [0.25, 0.3) is 96.3 Å². The van der Waals surface area contributed by atoms with Gasteiger partial charge in [0.1, 0.15) is 0 Å². The van der Waals surface area contributed by atoms with Gasteiger partial charge in [0.15, 0.2) is 0 Å². The molecular formula is C77H55N12Zn2-. The number of aryl methyl sites for hydroxylation is 3. The standard InChI is InChI=1S/C39H27N6.C38H28N6.2Zn/c1-22-29-12-14-31-23(2)33-16-18-35-38(26-10-8-25(9-11-26)37(27-6-4-20-40-27)28-7-5-21-41-28)36-19-17-34-24(3)32-15-13-30(22)43(32)39(42(29)31,44(33)35)45(34)36;1-22-27-12-14-29(41-27)23(2)31-16-18-35(43-31)38(36-19-17-32(44-36)24(3)30-15-13-28(22)42-30)26-10-8-25(9-11-26)37(33-6-4-20-39-33)34-7-5-21-40-34;;/h4-21H,1-3H3;4-20H,21H2,1-3H3;;/q+1;-4;;+2/b;27-22?,28-22?,29-23?,30-24?,31-23?,32-24?,37-34-,38-35?,38-36?;;. The smallest absolute Gasteiger partial charge is 0.681 e. The van der Waals surface area contributed by atoms with E-state index in [-0.39, 0.29) is 39.0 Å². The summed E-state index contributed by atoms with van der Waals surface area (Å²) in [6.07, 6.45) is 31.3. The zero-order chi connectivity index (χ0) is 59.6. The van der Waals surface area contributed by atoms with Gasteiger partial charge in [0.25, 0.3) is 0 Å². The molecule has 19 rings (SSSR count). The summed E-state index contributed by atoms with van der Waals surface area (Å²) in [6, 6.07) is 43.2. The van der Waals surface area contributed by atoms with Crippen LogP contribution in [0.4, 0.5) is 0 Å². The van der Waals surface area contributed by atoms with Crippen LogP contribution in [0, 0.1) is 20.8 Å². The average molecular weight is 1280 g/mol. The van der Waals surface area contributed by atoms with Crippen molar-refractivity contribution in [1.29, 1.82) is 0 Å². The van der Waals surface area contributed by atoms with Gasteiger partial charge < -0.3 is 25.3 Å². The van der Waals surface area contributed by atoms with Crippen molar-refractivity contribution in [2.24, 2.45) is 4.99 Å². The summed E-state index contributed by atoms with van der Waals surface area (Å²) in [6.45, 7) is 13.7. The van der Waals surface area contributed by atoms with E-state index >= 15 is 0 Å². The SMILES string of the molecule is CC1=C2C=CC3=[N+]2C24n5c1ccc5C(c1ccc(/C(=C5\C=CC=N5)c5ccc[n-]5)cc1)=C1C=CC(=[N+]12)C(C)=c1ccc(n14)=C3C.Cc1c2nc(c(C)c3ccc([n-]3)c(-c3ccc(/C(=C4\C=CC[N-]4)c4ccc[n-]4)cc3)c3nc(c(C)c4ccc1[n-]4)C=C3)C=C2.[Zn+2].[Zn]. The molecule has 0 aliphatic carbocycles. The topological polar surface area (TPSA) is 125 Å². The van der Waals surface area contributed by atoms with Crippen molar-refractivity contribution in [2.45, 2.75) is 47.5 Å². The number of hydrogen-bond donors (Lipinski definition) is 0. The van der Waals surface area contributed by atoms with Crippen molar-refractivity contribution in [3.8, 4) is 11.1 Å². The van der Waals surface area contributed by atoms with Crippen LogP contribution in [0.2, 0.25) is 0 Å². The first-order valence-corrected chi connectivity index (χ1v) is 30.3. The Hall–Kier alpha value is -10.1. The fraction of sp³-hybridized carbons (Fsp3) is 0.104. The Kier molecular flexibility index (Phi) is 12.9. The number of aliphatic imine (C=N–C) groups is 1. The van der Waals surface area contributed by atoms with E-state index in [4.69, 9.17) is 25.3 Å². The zero-order valence-corrected chi connectivity index (χ0v) is 57.1. The van der Waals surface area contributed by atoms with E-state index in [1.165, 1.54) is 72.8 Å². The molecule has 17 heterocycles. The number of fused-ring (bicyclic) bond motifs is 8. The molecule has 2 aromatic carbocycles. The van der Waals surface area contributed by atoms with E-state index in [1.807, 2.05) is 42.9 Å². The summed E-state index contributed by atoms with van der Waals surface area (Å²) >= 11 is 0. The van der Waals surface area contributed by atoms with Crippen LogP contribution < -0.4 is 30.6 Å². The van der Waals surface area contributed by atoms with E-state index in [1.54, 1.807) is 0 Å². The van der Waals surface area contributed by atoms with Gasteiger partial charge in [-0.05, 0) is 158 Å². The number of hydrogen-bond acceptors (Lipinski definition) is 3. The summed E-state index contributed by atoms with van der Waals surface area (Å²) in [5.41, 5.74) is 34.2. The number of aromatic nitrogens is 8. The van der Waals surface area contributed by atoms with E-state index in [2.05, 4.69) is 245 Å². The molecule has 0 radical (unpaired) electrons. The summed E-state index contributed by atoms with van der Waals surface area (Å²) in [5.74, 6) is -0.611. The molecule has 0 saturated heterocycles. The summed E-state index contributed by atoms with van der Waals surface area (Å²) in [5, 5.41) is 7.25. The van der Waals surface area contributed by atoms with Crippen molar-refractivity contribution in [1.82, 2.24) is 39.0 Å². The molecule has 1 atom stereocenters. The Morgan fingerprint density at radius 2 is 1.03 bits per heavy atom. The van der Waals surface area contributed by atoms with Gasteiger partial charge in [-0.2, -0.15) is 21.5 Å². The molecular weight excluding hydrogens is 1220 g/mol. The van der Waals surface area contributed by atoms with E-state index < -0.39 is 5.91 Å². The summed E-state index contributed by atoms with van der Waals surface area (Å²) in [4.78, 5) is 34.0. The molecule has 0 N–H and O–H groups in total. The Labute approximate surface area is 550 Å². The molecule has 428 valence electrons. The number of nitrogens with zero attached hydrogens (tertiary/aromatic N) is 12. The molecule has 1 spiro atoms. The largest absolute Gasteiger partial charge is 2.00 e. The number of benzene rings is 2. The third kappa shape index (κ3) is 8.01. The second-order valence-corrected chi connectivity index (χ2v) is 23.8. The Balaban J connectivity index is 0.000000142. The van der Waals surface area contributed by atoms with Crippen molar-refractivity contribution in [3.63, 3.8) is 0 Å². The minimum absolute atomic E-state index is 0. The Morgan fingerprint density at radius 3 is 1.62 bits per heavy atom. The zero-order valence-electron chi connectivity index (χ0n) is 51.2. The maximum Gasteiger partial charge on any atom is 2.00 e. The van der Waals surface area contributed by atoms with Crippen molar-refractivity contribution < 1.29 is 48.1 Å². The molecule has 91 heavy (non-hydrogen) atoms. The molecule has 14 heteroatoms. The number of rotatable bonds is 6. The first kappa shape index (κ1) is 56.1. The van der Waals surface area contributed by atoms with Gasteiger partial charge in [-0.25, -0.2) is 9.97 Å². The second kappa shape index (κ2) is 21.0. The van der Waals surface area contributed by atoms with Gasteiger partial charge >= 0.3 is 25.4 Å². The molecule has 7 aromatic heterocycles. The predicted molar refractivity (Wildman–Crippen MR) is 357 cm³/mol. The second-order valence-electron chi connectivity index (χ2n) is 23.8. The quantitative estimate of drug-likeness (QED) is 0.121. The van der Waals surface area contributed by atoms with Gasteiger partial charge in [-0.3, -0.25) is 4.99 Å². The Bertz CT molecular complexity index is 5490. The van der Waals surface area contributed by atoms with Crippen molar-refractivity contribution >= 4 is 97.4 Å². The predicted octanol–water partition coefficient (Wildman–Crippen LogP) is 12.9. The molecule has 8 bridgehead atoms. The first-order valence-electron chi connectivity index (χ1n) is 30.3. The molecule has 0 saturated carbocycles. The van der Waals surface area contributed by atoms with Gasteiger partial charge in [0.05, 0.1) is 56.1 Å². The number of allylic oxidation sites excluding steroid dienone is 8. The molecule has 10 aliphatic rings. The van der Waals surface area contributed by atoms with Crippen molar-refractivity contribution in [2.75, 3.05) is 6.54 Å². The van der Waals surface area contributed by atoms with Crippen LogP contribution >= 0.6 is 0 Å². The molecule has 0 amide bonds.